The molecule has 3 fully saturated rings. The lowest BCUT2D eigenvalue weighted by atomic mass is 9.94. The third-order valence-corrected chi connectivity index (χ3v) is 10.3. The second-order valence-electron chi connectivity index (χ2n) is 13.1. The molecule has 5 atom stereocenters. The first-order valence-electron chi connectivity index (χ1n) is 16.0. The summed E-state index contributed by atoms with van der Waals surface area (Å²) in [6, 6.07) is 0.961. The van der Waals surface area contributed by atoms with E-state index in [1.54, 1.807) is 0 Å². The number of hydrogen-bond donors (Lipinski definition) is 2. The molecule has 4 aliphatic rings. The first kappa shape index (κ1) is 31.1. The number of hydrogen-bond acceptors (Lipinski definition) is 9. The van der Waals surface area contributed by atoms with E-state index >= 15 is 4.39 Å². The maximum absolute atomic E-state index is 16.9. The van der Waals surface area contributed by atoms with Gasteiger partial charge in [-0.15, -0.1) is 0 Å². The fourth-order valence-electron chi connectivity index (χ4n) is 7.80. The summed E-state index contributed by atoms with van der Waals surface area (Å²) in [7, 11) is 0. The molecule has 2 aromatic heterocycles. The highest BCUT2D eigenvalue weighted by Gasteiger charge is 2.49. The van der Waals surface area contributed by atoms with Crippen LogP contribution in [0, 0.1) is 18.6 Å². The van der Waals surface area contributed by atoms with Crippen LogP contribution in [0.5, 0.6) is 11.9 Å². The third kappa shape index (κ3) is 5.08. The Kier molecular flexibility index (Phi) is 7.86. The van der Waals surface area contributed by atoms with E-state index in [4.69, 9.17) is 20.2 Å². The van der Waals surface area contributed by atoms with Crippen molar-refractivity contribution in [3.05, 3.63) is 28.8 Å². The second-order valence-corrected chi connectivity index (χ2v) is 13.1. The van der Waals surface area contributed by atoms with Gasteiger partial charge in [-0.25, -0.2) is 26.9 Å². The first-order valence-corrected chi connectivity index (χ1v) is 16.0. The van der Waals surface area contributed by atoms with Gasteiger partial charge in [-0.05, 0) is 56.8 Å². The fourth-order valence-corrected chi connectivity index (χ4v) is 7.80. The van der Waals surface area contributed by atoms with Crippen LogP contribution in [0.3, 0.4) is 0 Å². The topological polar surface area (TPSA) is 102 Å². The van der Waals surface area contributed by atoms with Crippen LogP contribution in [0.1, 0.15) is 50.7 Å². The number of anilines is 2. The molecule has 0 amide bonds. The zero-order chi connectivity index (χ0) is 32.5. The quantitative estimate of drug-likeness (QED) is 0.272. The third-order valence-electron chi connectivity index (χ3n) is 10.3. The smallest absolute Gasteiger partial charge is 0.319 e. The van der Waals surface area contributed by atoms with Gasteiger partial charge in [-0.3, -0.25) is 4.90 Å². The van der Waals surface area contributed by atoms with E-state index in [0.717, 1.165) is 31.9 Å². The minimum atomic E-state index is -2.83. The van der Waals surface area contributed by atoms with Crippen molar-refractivity contribution in [1.29, 1.82) is 0 Å². The summed E-state index contributed by atoms with van der Waals surface area (Å²) in [5.74, 6) is -1.35. The molecular formula is C32H38F5N7O2. The van der Waals surface area contributed by atoms with E-state index in [-0.39, 0.29) is 69.6 Å². The molecular weight excluding hydrogens is 609 g/mol. The van der Waals surface area contributed by atoms with E-state index in [2.05, 4.69) is 32.0 Å². The minimum Gasteiger partial charge on any atom is -0.472 e. The Hall–Kier alpha value is -3.52. The maximum Gasteiger partial charge on any atom is 0.319 e. The van der Waals surface area contributed by atoms with Crippen LogP contribution in [0.4, 0.5) is 33.5 Å². The lowest BCUT2D eigenvalue weighted by Gasteiger charge is -2.42. The van der Waals surface area contributed by atoms with Crippen LogP contribution in [-0.2, 0) is 6.42 Å². The van der Waals surface area contributed by atoms with Crippen molar-refractivity contribution in [1.82, 2.24) is 25.2 Å². The molecule has 0 saturated carbocycles. The molecule has 3 saturated heterocycles. The molecule has 0 bridgehead atoms. The van der Waals surface area contributed by atoms with Crippen molar-refractivity contribution in [3.8, 4) is 23.1 Å². The monoisotopic (exact) mass is 647 g/mol. The highest BCUT2D eigenvalue weighted by Crippen LogP contribution is 2.45. The summed E-state index contributed by atoms with van der Waals surface area (Å²) in [5, 5.41) is 3.76. The minimum absolute atomic E-state index is 0.0306. The van der Waals surface area contributed by atoms with Gasteiger partial charge in [-0.2, -0.15) is 9.97 Å². The van der Waals surface area contributed by atoms with Crippen molar-refractivity contribution in [2.75, 3.05) is 43.4 Å². The molecule has 0 unspecified atom stereocenters. The van der Waals surface area contributed by atoms with E-state index in [9.17, 15) is 17.6 Å². The number of nitrogens with one attached hydrogen (secondary N) is 1. The lowest BCUT2D eigenvalue weighted by Crippen LogP contribution is -2.60. The molecule has 6 heterocycles. The number of benzene rings is 1. The van der Waals surface area contributed by atoms with Gasteiger partial charge < -0.3 is 25.4 Å². The molecule has 3 N–H and O–H groups in total. The second kappa shape index (κ2) is 11.6. The number of alkyl halides is 3. The first-order chi connectivity index (χ1) is 22.0. The Morgan fingerprint density at radius 1 is 1.20 bits per heavy atom. The molecule has 0 aliphatic carbocycles. The maximum atomic E-state index is 16.9. The number of piperazine rings is 1. The Morgan fingerprint density at radius 3 is 2.76 bits per heavy atom. The van der Waals surface area contributed by atoms with Crippen molar-refractivity contribution >= 4 is 22.4 Å². The van der Waals surface area contributed by atoms with Crippen LogP contribution in [0.2, 0.25) is 0 Å². The number of halogens is 5. The van der Waals surface area contributed by atoms with Crippen molar-refractivity contribution in [2.45, 2.75) is 89.2 Å². The molecule has 0 spiro atoms. The van der Waals surface area contributed by atoms with Gasteiger partial charge in [0.25, 0.3) is 0 Å². The Morgan fingerprint density at radius 2 is 2.00 bits per heavy atom. The van der Waals surface area contributed by atoms with Gasteiger partial charge in [0.2, 0.25) is 12.3 Å². The number of nitrogens with zero attached hydrogens (tertiary/aromatic N) is 5. The Balaban J connectivity index is 1.42. The summed E-state index contributed by atoms with van der Waals surface area (Å²) in [4.78, 5) is 18.0. The van der Waals surface area contributed by atoms with E-state index in [1.807, 2.05) is 6.92 Å². The Bertz CT molecular complexity index is 1680. The number of pyridine rings is 1. The summed E-state index contributed by atoms with van der Waals surface area (Å²) in [5.41, 5.74) is 4.31. The molecule has 0 radical (unpaired) electrons. The SMILES string of the molecule is CC[C@@H]1CN2c3nc(OC[C@@]45CCCN4C[C@H](F)C5)nc4c(F)c(-c5cc(N)c(F)c(C)c5CC(F)F)nc(c34)O[C@@H](C)[C@@H]2CN1. The highest BCUT2D eigenvalue weighted by molar-refractivity contribution is 5.97. The number of rotatable bonds is 7. The van der Waals surface area contributed by atoms with Gasteiger partial charge in [0.05, 0.1) is 17.3 Å². The molecule has 248 valence electrons. The van der Waals surface area contributed by atoms with Gasteiger partial charge >= 0.3 is 6.01 Å². The van der Waals surface area contributed by atoms with Crippen LogP contribution >= 0.6 is 0 Å². The molecule has 46 heavy (non-hydrogen) atoms. The average molecular weight is 648 g/mol. The number of aromatic nitrogens is 3. The molecule has 3 aromatic rings. The van der Waals surface area contributed by atoms with Crippen LogP contribution < -0.4 is 25.4 Å². The fraction of sp³-hybridized carbons (Fsp3) is 0.594. The Labute approximate surface area is 263 Å². The zero-order valence-corrected chi connectivity index (χ0v) is 26.1. The van der Waals surface area contributed by atoms with Gasteiger partial charge in [0.15, 0.2) is 5.82 Å². The number of nitrogen functional groups attached to an aromatic ring is 1. The van der Waals surface area contributed by atoms with Crippen LogP contribution in [0.25, 0.3) is 22.2 Å². The summed E-state index contributed by atoms with van der Waals surface area (Å²) >= 11 is 0. The van der Waals surface area contributed by atoms with Gasteiger partial charge in [-0.1, -0.05) is 6.92 Å². The van der Waals surface area contributed by atoms with Gasteiger partial charge in [0, 0.05) is 44.1 Å². The molecule has 4 aliphatic heterocycles. The van der Waals surface area contributed by atoms with E-state index < -0.39 is 42.3 Å². The van der Waals surface area contributed by atoms with E-state index in [0.29, 0.717) is 31.9 Å². The molecule has 7 rings (SSSR count). The van der Waals surface area contributed by atoms with Crippen molar-refractivity contribution < 1.29 is 31.4 Å². The predicted octanol–water partition coefficient (Wildman–Crippen LogP) is 4.96. The predicted molar refractivity (Wildman–Crippen MR) is 163 cm³/mol. The number of nitrogens with two attached hydrogens (primary N) is 1. The number of ether oxygens (including phenoxy) is 2. The standard InChI is InChI=1S/C32H38F5N7O2/c1-4-18-13-44-22(11-39-18)16(3)46-30-24-28(26(37)27(40-30)20-8-21(38)25(36)15(2)19(20)9-23(34)35)41-31(42-29(24)44)45-14-32-6-5-7-43(32)12-17(33)10-32/h8,16-18,22-23,39H,4-7,9-14,38H2,1-3H3/t16-,17+,18+,22-,32-/m0/s1. The average Bonchev–Trinajstić information content (AvgIpc) is 3.52. The zero-order valence-electron chi connectivity index (χ0n) is 26.1. The van der Waals surface area contributed by atoms with Crippen molar-refractivity contribution in [2.24, 2.45) is 0 Å². The van der Waals surface area contributed by atoms with Crippen LogP contribution in [-0.4, -0.2) is 89.0 Å². The number of fused-ring (bicyclic) bond motifs is 3. The van der Waals surface area contributed by atoms with Crippen molar-refractivity contribution in [3.63, 3.8) is 0 Å². The summed E-state index contributed by atoms with van der Waals surface area (Å²) < 4.78 is 86.2. The molecule has 1 aromatic carbocycles. The molecule has 9 nitrogen and oxygen atoms in total. The molecule has 14 heteroatoms. The largest absolute Gasteiger partial charge is 0.472 e. The van der Waals surface area contributed by atoms with Gasteiger partial charge in [0.1, 0.15) is 47.1 Å². The summed E-state index contributed by atoms with van der Waals surface area (Å²) in [6.45, 7) is 7.65. The van der Waals surface area contributed by atoms with Crippen LogP contribution in [0.15, 0.2) is 6.07 Å². The van der Waals surface area contributed by atoms with E-state index in [1.165, 1.54) is 6.92 Å². The normalized spacial score (nSPS) is 27.5. The highest BCUT2D eigenvalue weighted by atomic mass is 19.3. The summed E-state index contributed by atoms with van der Waals surface area (Å²) in [6.07, 6.45) is -2.20. The lowest BCUT2D eigenvalue weighted by molar-refractivity contribution is 0.107.